The largest absolute Gasteiger partial charge is 0.449 e. The third kappa shape index (κ3) is 5.27. The van der Waals surface area contributed by atoms with Gasteiger partial charge in [-0.05, 0) is 31.2 Å². The first-order valence-corrected chi connectivity index (χ1v) is 10.0. The summed E-state index contributed by atoms with van der Waals surface area (Å²) >= 11 is 5.82. The lowest BCUT2D eigenvalue weighted by Crippen LogP contribution is -2.30. The second kappa shape index (κ2) is 8.36. The van der Waals surface area contributed by atoms with Crippen molar-refractivity contribution in [2.75, 3.05) is 11.6 Å². The summed E-state index contributed by atoms with van der Waals surface area (Å²) in [5, 5.41) is 13.1. The molecule has 9 nitrogen and oxygen atoms in total. The first kappa shape index (κ1) is 21.3. The van der Waals surface area contributed by atoms with E-state index in [9.17, 15) is 28.1 Å². The Morgan fingerprint density at radius 1 is 1.21 bits per heavy atom. The fourth-order valence-corrected chi connectivity index (χ4v) is 3.44. The molecule has 11 heteroatoms. The molecule has 0 aliphatic carbocycles. The van der Waals surface area contributed by atoms with Crippen molar-refractivity contribution in [2.24, 2.45) is 0 Å². The van der Waals surface area contributed by atoms with E-state index in [-0.39, 0.29) is 26.9 Å². The molecule has 0 saturated carbocycles. The van der Waals surface area contributed by atoms with Crippen LogP contribution >= 0.6 is 11.6 Å². The lowest BCUT2D eigenvalue weighted by molar-refractivity contribution is -0.384. The average molecular weight is 427 g/mol. The van der Waals surface area contributed by atoms with Crippen molar-refractivity contribution in [2.45, 2.75) is 17.9 Å². The fraction of sp³-hybridized carbons (Fsp3) is 0.176. The van der Waals surface area contributed by atoms with E-state index in [0.29, 0.717) is 0 Å². The van der Waals surface area contributed by atoms with Gasteiger partial charge in [-0.3, -0.25) is 14.9 Å². The summed E-state index contributed by atoms with van der Waals surface area (Å²) in [7, 11) is -3.66. The highest BCUT2D eigenvalue weighted by atomic mass is 35.5. The summed E-state index contributed by atoms with van der Waals surface area (Å²) in [6.07, 6.45) is -0.303. The maximum absolute atomic E-state index is 12.2. The Balaban J connectivity index is 2.11. The molecule has 2 aromatic carbocycles. The van der Waals surface area contributed by atoms with Crippen molar-refractivity contribution in [1.29, 1.82) is 0 Å². The Bertz CT molecular complexity index is 1050. The Labute approximate surface area is 165 Å². The lowest BCUT2D eigenvalue weighted by atomic mass is 10.2. The van der Waals surface area contributed by atoms with Crippen LogP contribution in [0.3, 0.4) is 0 Å². The molecule has 0 heterocycles. The topological polar surface area (TPSA) is 133 Å². The van der Waals surface area contributed by atoms with Crippen LogP contribution in [0.4, 0.5) is 11.4 Å². The van der Waals surface area contributed by atoms with E-state index in [0.717, 1.165) is 18.4 Å². The number of non-ortho nitro benzene ring substituents is 1. The van der Waals surface area contributed by atoms with E-state index in [2.05, 4.69) is 5.32 Å². The summed E-state index contributed by atoms with van der Waals surface area (Å²) in [4.78, 5) is 34.3. The molecular formula is C17H15ClN2O7S. The Hall–Kier alpha value is -2.98. The van der Waals surface area contributed by atoms with E-state index in [1.165, 1.54) is 37.3 Å². The van der Waals surface area contributed by atoms with Crippen LogP contribution in [0.1, 0.15) is 17.3 Å². The predicted octanol–water partition coefficient (Wildman–Crippen LogP) is 2.84. The molecule has 1 unspecified atom stereocenters. The number of sulfone groups is 1. The summed E-state index contributed by atoms with van der Waals surface area (Å²) in [5.41, 5.74) is -0.148. The minimum absolute atomic E-state index is 0.0458. The SMILES string of the molecule is CC(OC(=O)c1ccc(Cl)c(S(C)(=O)=O)c1)C(=O)Nc1cccc([N+](=O)[O-])c1. The molecule has 0 aliphatic heterocycles. The third-order valence-corrected chi connectivity index (χ3v) is 5.12. The van der Waals surface area contributed by atoms with Crippen LogP contribution < -0.4 is 5.32 Å². The number of nitrogens with zero attached hydrogens (tertiary/aromatic N) is 1. The summed E-state index contributed by atoms with van der Waals surface area (Å²) in [5.74, 6) is -1.64. The van der Waals surface area contributed by atoms with Gasteiger partial charge in [-0.2, -0.15) is 0 Å². The number of ether oxygens (including phenoxy) is 1. The number of benzene rings is 2. The van der Waals surface area contributed by atoms with Gasteiger partial charge in [0.05, 0.1) is 20.4 Å². The Morgan fingerprint density at radius 2 is 1.89 bits per heavy atom. The van der Waals surface area contributed by atoms with Gasteiger partial charge in [-0.1, -0.05) is 17.7 Å². The van der Waals surface area contributed by atoms with Crippen LogP contribution in [0, 0.1) is 10.1 Å². The number of amides is 1. The normalized spacial score (nSPS) is 12.1. The standard InChI is InChI=1S/C17H15ClN2O7S/c1-10(16(21)19-12-4-3-5-13(9-12)20(23)24)27-17(22)11-6-7-14(18)15(8-11)28(2,25)26/h3-10H,1-2H3,(H,19,21). The molecule has 0 saturated heterocycles. The minimum atomic E-state index is -3.66. The number of rotatable bonds is 6. The highest BCUT2D eigenvalue weighted by molar-refractivity contribution is 7.90. The van der Waals surface area contributed by atoms with Gasteiger partial charge in [-0.25, -0.2) is 13.2 Å². The minimum Gasteiger partial charge on any atom is -0.449 e. The van der Waals surface area contributed by atoms with E-state index in [4.69, 9.17) is 16.3 Å². The molecule has 1 amide bonds. The highest BCUT2D eigenvalue weighted by Crippen LogP contribution is 2.23. The number of esters is 1. The monoisotopic (exact) mass is 426 g/mol. The van der Waals surface area contributed by atoms with Gasteiger partial charge in [0.15, 0.2) is 15.9 Å². The number of nitro benzene ring substituents is 1. The van der Waals surface area contributed by atoms with Gasteiger partial charge < -0.3 is 10.1 Å². The third-order valence-electron chi connectivity index (χ3n) is 3.54. The van der Waals surface area contributed by atoms with Gasteiger partial charge in [0.1, 0.15) is 0 Å². The van der Waals surface area contributed by atoms with Crippen molar-refractivity contribution in [3.8, 4) is 0 Å². The van der Waals surface area contributed by atoms with Crippen LogP contribution in [0.5, 0.6) is 0 Å². The summed E-state index contributed by atoms with van der Waals surface area (Å²) in [6.45, 7) is 1.30. The second-order valence-electron chi connectivity index (χ2n) is 5.76. The molecule has 148 valence electrons. The van der Waals surface area contributed by atoms with Crippen molar-refractivity contribution in [3.05, 3.63) is 63.2 Å². The molecule has 0 spiro atoms. The molecule has 0 aliphatic rings. The van der Waals surface area contributed by atoms with Crippen LogP contribution in [0.2, 0.25) is 5.02 Å². The molecule has 0 fully saturated rings. The molecular weight excluding hydrogens is 412 g/mol. The maximum atomic E-state index is 12.2. The number of nitrogens with one attached hydrogen (secondary N) is 1. The van der Waals surface area contributed by atoms with Gasteiger partial charge >= 0.3 is 5.97 Å². The maximum Gasteiger partial charge on any atom is 0.338 e. The molecule has 0 bridgehead atoms. The van der Waals surface area contributed by atoms with Crippen molar-refractivity contribution in [3.63, 3.8) is 0 Å². The van der Waals surface area contributed by atoms with Crippen molar-refractivity contribution >= 4 is 44.7 Å². The first-order chi connectivity index (χ1) is 13.0. The molecule has 2 rings (SSSR count). The Morgan fingerprint density at radius 3 is 2.50 bits per heavy atom. The molecule has 2 aromatic rings. The van der Waals surface area contributed by atoms with Crippen LogP contribution in [0.15, 0.2) is 47.4 Å². The van der Waals surface area contributed by atoms with E-state index in [1.807, 2.05) is 0 Å². The number of hydrogen-bond donors (Lipinski definition) is 1. The highest BCUT2D eigenvalue weighted by Gasteiger charge is 2.22. The summed E-state index contributed by atoms with van der Waals surface area (Å²) < 4.78 is 28.4. The molecule has 0 radical (unpaired) electrons. The number of carbonyl (C=O) groups is 2. The molecule has 1 N–H and O–H groups in total. The van der Waals surface area contributed by atoms with Crippen LogP contribution in [-0.4, -0.2) is 37.6 Å². The lowest BCUT2D eigenvalue weighted by Gasteiger charge is -2.14. The number of halogens is 1. The van der Waals surface area contributed by atoms with Gasteiger partial charge in [-0.15, -0.1) is 0 Å². The van der Waals surface area contributed by atoms with Crippen molar-refractivity contribution in [1.82, 2.24) is 0 Å². The van der Waals surface area contributed by atoms with E-state index in [1.54, 1.807) is 0 Å². The quantitative estimate of drug-likeness (QED) is 0.426. The van der Waals surface area contributed by atoms with E-state index < -0.39 is 32.7 Å². The zero-order chi connectivity index (χ0) is 21.1. The average Bonchev–Trinajstić information content (AvgIpc) is 2.61. The molecule has 28 heavy (non-hydrogen) atoms. The van der Waals surface area contributed by atoms with E-state index >= 15 is 0 Å². The smallest absolute Gasteiger partial charge is 0.338 e. The predicted molar refractivity (Wildman–Crippen MR) is 101 cm³/mol. The molecule has 1 atom stereocenters. The number of anilines is 1. The van der Waals surface area contributed by atoms with Gasteiger partial charge in [0.2, 0.25) is 0 Å². The van der Waals surface area contributed by atoms with Gasteiger partial charge in [0, 0.05) is 24.1 Å². The number of hydrogen-bond acceptors (Lipinski definition) is 7. The number of nitro groups is 1. The fourth-order valence-electron chi connectivity index (χ4n) is 2.14. The van der Waals surface area contributed by atoms with Crippen LogP contribution in [0.25, 0.3) is 0 Å². The molecule has 0 aromatic heterocycles. The first-order valence-electron chi connectivity index (χ1n) is 7.75. The van der Waals surface area contributed by atoms with Crippen molar-refractivity contribution < 1.29 is 27.7 Å². The zero-order valence-corrected chi connectivity index (χ0v) is 16.3. The number of carbonyl (C=O) groups excluding carboxylic acids is 2. The Kier molecular flexibility index (Phi) is 6.37. The zero-order valence-electron chi connectivity index (χ0n) is 14.7. The second-order valence-corrected chi connectivity index (χ2v) is 8.15. The van der Waals surface area contributed by atoms with Gasteiger partial charge in [0.25, 0.3) is 11.6 Å². The summed E-state index contributed by atoms with van der Waals surface area (Å²) in [6, 6.07) is 8.82. The van der Waals surface area contributed by atoms with Crippen LogP contribution in [-0.2, 0) is 19.4 Å².